The van der Waals surface area contributed by atoms with Gasteiger partial charge in [0.1, 0.15) is 18.3 Å². The third kappa shape index (κ3) is 4.78. The predicted molar refractivity (Wildman–Crippen MR) is 148 cm³/mol. The zero-order valence-corrected chi connectivity index (χ0v) is 23.3. The standard InChI is InChI=1S/C29H36ClFN6O2/c1-18-15-23(31)26-25(18)27(33-17-32-26)36-11-13-37(14-12-36)28(39)29(20-3-5-21(30)6-4-20)16-24(29)34-22-7-9-35(10-8-22)19(2)38/h3-6,17-18,22-24,34H,7-16H2,1-2H3/t18-,23-,24?,29?/m1/s1. The molecule has 10 heteroatoms. The van der Waals surface area contributed by atoms with Crippen LogP contribution < -0.4 is 10.2 Å². The number of likely N-dealkylation sites (tertiary alicyclic amines) is 1. The zero-order chi connectivity index (χ0) is 27.3. The lowest BCUT2D eigenvalue weighted by Crippen LogP contribution is -2.54. The summed E-state index contributed by atoms with van der Waals surface area (Å²) < 4.78 is 14.5. The predicted octanol–water partition coefficient (Wildman–Crippen LogP) is 3.61. The van der Waals surface area contributed by atoms with Crippen LogP contribution in [0.5, 0.6) is 0 Å². The SMILES string of the molecule is CC(=O)N1CCC(NC2CC2(C(=O)N2CCN(c3ncnc4c3[C@H](C)C[C@H]4F)CC2)c2ccc(Cl)cc2)CC1. The number of benzene rings is 1. The first-order valence-electron chi connectivity index (χ1n) is 14.1. The van der Waals surface area contributed by atoms with Gasteiger partial charge in [-0.05, 0) is 49.3 Å². The van der Waals surface area contributed by atoms with E-state index in [1.54, 1.807) is 6.92 Å². The number of piperazine rings is 1. The average molecular weight is 555 g/mol. The highest BCUT2D eigenvalue weighted by molar-refractivity contribution is 6.30. The summed E-state index contributed by atoms with van der Waals surface area (Å²) in [6.07, 6.45) is 3.41. The lowest BCUT2D eigenvalue weighted by Gasteiger charge is -2.38. The van der Waals surface area contributed by atoms with E-state index in [1.165, 1.54) is 6.33 Å². The maximum absolute atomic E-state index is 14.5. The van der Waals surface area contributed by atoms with E-state index in [0.29, 0.717) is 43.3 Å². The van der Waals surface area contributed by atoms with Crippen LogP contribution in [0.4, 0.5) is 10.2 Å². The molecule has 6 rings (SSSR count). The van der Waals surface area contributed by atoms with Gasteiger partial charge in [-0.25, -0.2) is 14.4 Å². The van der Waals surface area contributed by atoms with Gasteiger partial charge in [-0.3, -0.25) is 9.59 Å². The normalized spacial score (nSPS) is 28.9. The highest BCUT2D eigenvalue weighted by atomic mass is 35.5. The Morgan fingerprint density at radius 2 is 1.72 bits per heavy atom. The Bertz CT molecular complexity index is 1240. The lowest BCUT2D eigenvalue weighted by atomic mass is 9.92. The van der Waals surface area contributed by atoms with Crippen molar-refractivity contribution in [1.29, 1.82) is 0 Å². The summed E-state index contributed by atoms with van der Waals surface area (Å²) in [6, 6.07) is 8.01. The molecule has 8 nitrogen and oxygen atoms in total. The Balaban J connectivity index is 1.16. The van der Waals surface area contributed by atoms with E-state index in [4.69, 9.17) is 11.6 Å². The number of fused-ring (bicyclic) bond motifs is 1. The molecule has 0 spiro atoms. The largest absolute Gasteiger partial charge is 0.353 e. The lowest BCUT2D eigenvalue weighted by molar-refractivity contribution is -0.134. The van der Waals surface area contributed by atoms with E-state index in [2.05, 4.69) is 20.2 Å². The van der Waals surface area contributed by atoms with Gasteiger partial charge in [0.2, 0.25) is 11.8 Å². The second-order valence-electron chi connectivity index (χ2n) is 11.6. The van der Waals surface area contributed by atoms with E-state index in [-0.39, 0.29) is 29.8 Å². The van der Waals surface area contributed by atoms with Gasteiger partial charge < -0.3 is 20.0 Å². The Morgan fingerprint density at radius 3 is 2.38 bits per heavy atom. The molecule has 1 saturated carbocycles. The fourth-order valence-corrected chi connectivity index (χ4v) is 6.98. The summed E-state index contributed by atoms with van der Waals surface area (Å²) in [4.78, 5) is 40.7. The number of amides is 2. The van der Waals surface area contributed by atoms with Gasteiger partial charge in [0.15, 0.2) is 0 Å². The quantitative estimate of drug-likeness (QED) is 0.608. The maximum Gasteiger partial charge on any atom is 0.235 e. The number of halogens is 2. The minimum absolute atomic E-state index is 0.0468. The molecule has 2 saturated heterocycles. The summed E-state index contributed by atoms with van der Waals surface area (Å²) in [6.45, 7) is 7.62. The van der Waals surface area contributed by atoms with Crippen LogP contribution in [0, 0.1) is 0 Å². The first kappa shape index (κ1) is 26.4. The minimum Gasteiger partial charge on any atom is -0.353 e. The molecule has 4 aliphatic rings. The van der Waals surface area contributed by atoms with Gasteiger partial charge >= 0.3 is 0 Å². The van der Waals surface area contributed by atoms with Crippen LogP contribution in [0.3, 0.4) is 0 Å². The number of anilines is 1. The summed E-state index contributed by atoms with van der Waals surface area (Å²) in [5.74, 6) is 1.17. The second-order valence-corrected chi connectivity index (χ2v) is 12.0. The number of carbonyl (C=O) groups excluding carboxylic acids is 2. The molecule has 39 heavy (non-hydrogen) atoms. The first-order chi connectivity index (χ1) is 18.8. The Morgan fingerprint density at radius 1 is 1.03 bits per heavy atom. The van der Waals surface area contributed by atoms with Crippen LogP contribution in [0.25, 0.3) is 0 Å². The van der Waals surface area contributed by atoms with Gasteiger partial charge in [0, 0.05) is 68.9 Å². The van der Waals surface area contributed by atoms with Crippen molar-refractivity contribution in [2.24, 2.45) is 0 Å². The third-order valence-electron chi connectivity index (χ3n) is 9.19. The topological polar surface area (TPSA) is 81.7 Å². The van der Waals surface area contributed by atoms with Crippen LogP contribution in [0.15, 0.2) is 30.6 Å². The highest BCUT2D eigenvalue weighted by Gasteiger charge is 2.62. The van der Waals surface area contributed by atoms with Crippen LogP contribution in [-0.2, 0) is 15.0 Å². The molecule has 2 aliphatic heterocycles. The van der Waals surface area contributed by atoms with E-state index < -0.39 is 11.6 Å². The van der Waals surface area contributed by atoms with Crippen molar-refractivity contribution in [2.45, 2.75) is 69.1 Å². The van der Waals surface area contributed by atoms with Crippen LogP contribution in [0.2, 0.25) is 5.02 Å². The number of hydrogen-bond acceptors (Lipinski definition) is 6. The van der Waals surface area contributed by atoms with Gasteiger partial charge in [0.25, 0.3) is 0 Å². The Hall–Kier alpha value is -2.78. The van der Waals surface area contributed by atoms with Gasteiger partial charge in [0.05, 0.1) is 11.1 Å². The first-order valence-corrected chi connectivity index (χ1v) is 14.5. The molecule has 2 amide bonds. The molecule has 1 aromatic heterocycles. The van der Waals surface area contributed by atoms with E-state index in [0.717, 1.165) is 49.3 Å². The molecule has 1 N–H and O–H groups in total. The number of rotatable bonds is 5. The third-order valence-corrected chi connectivity index (χ3v) is 9.44. The summed E-state index contributed by atoms with van der Waals surface area (Å²) >= 11 is 6.19. The zero-order valence-electron chi connectivity index (χ0n) is 22.6. The van der Waals surface area contributed by atoms with Gasteiger partial charge in [-0.15, -0.1) is 0 Å². The molecule has 3 heterocycles. The van der Waals surface area contributed by atoms with E-state index in [9.17, 15) is 14.0 Å². The van der Waals surface area contributed by atoms with Crippen LogP contribution in [-0.4, -0.2) is 82.9 Å². The van der Waals surface area contributed by atoms with Crippen molar-refractivity contribution in [3.63, 3.8) is 0 Å². The van der Waals surface area contributed by atoms with Crippen molar-refractivity contribution >= 4 is 29.2 Å². The number of piperidine rings is 1. The second kappa shape index (κ2) is 10.3. The molecule has 1 aromatic carbocycles. The van der Waals surface area contributed by atoms with Gasteiger partial charge in [-0.1, -0.05) is 30.7 Å². The highest BCUT2D eigenvalue weighted by Crippen LogP contribution is 2.51. The smallest absolute Gasteiger partial charge is 0.235 e. The monoisotopic (exact) mass is 554 g/mol. The fraction of sp³-hybridized carbons (Fsp3) is 0.586. The van der Waals surface area contributed by atoms with Crippen molar-refractivity contribution < 1.29 is 14.0 Å². The molecule has 2 aliphatic carbocycles. The van der Waals surface area contributed by atoms with E-state index in [1.807, 2.05) is 41.0 Å². The number of nitrogens with zero attached hydrogens (tertiary/aromatic N) is 5. The molecular formula is C29H36ClFN6O2. The molecule has 2 unspecified atom stereocenters. The fourth-order valence-electron chi connectivity index (χ4n) is 6.85. The summed E-state index contributed by atoms with van der Waals surface area (Å²) in [5.41, 5.74) is 1.82. The van der Waals surface area contributed by atoms with Crippen molar-refractivity contribution in [1.82, 2.24) is 25.1 Å². The number of alkyl halides is 1. The molecule has 4 atom stereocenters. The van der Waals surface area contributed by atoms with Crippen LogP contribution >= 0.6 is 11.6 Å². The number of aromatic nitrogens is 2. The summed E-state index contributed by atoms with van der Waals surface area (Å²) in [7, 11) is 0. The average Bonchev–Trinajstić information content (AvgIpc) is 3.59. The summed E-state index contributed by atoms with van der Waals surface area (Å²) in [5, 5.41) is 4.42. The number of hydrogen-bond donors (Lipinski definition) is 1. The molecular weight excluding hydrogens is 519 g/mol. The van der Waals surface area contributed by atoms with Crippen molar-refractivity contribution in [3.8, 4) is 0 Å². The van der Waals surface area contributed by atoms with Crippen LogP contribution in [0.1, 0.15) is 68.4 Å². The van der Waals surface area contributed by atoms with Gasteiger partial charge in [-0.2, -0.15) is 0 Å². The Kier molecular flexibility index (Phi) is 7.00. The molecule has 208 valence electrons. The Labute approximate surface area is 233 Å². The molecule has 0 radical (unpaired) electrons. The van der Waals surface area contributed by atoms with E-state index >= 15 is 0 Å². The molecule has 3 fully saturated rings. The number of carbonyl (C=O) groups is 2. The molecule has 0 bridgehead atoms. The maximum atomic E-state index is 14.5. The minimum atomic E-state index is -1.03. The van der Waals surface area contributed by atoms with Crippen molar-refractivity contribution in [3.05, 3.63) is 52.4 Å². The molecule has 2 aromatic rings. The number of nitrogens with one attached hydrogen (secondary N) is 1. The van der Waals surface area contributed by atoms with Crippen molar-refractivity contribution in [2.75, 3.05) is 44.2 Å².